The van der Waals surface area contributed by atoms with Crippen LogP contribution in [0, 0.1) is 0 Å². The zero-order valence-electron chi connectivity index (χ0n) is 14.9. The number of nitrogens with zero attached hydrogens (tertiary/aromatic N) is 1. The van der Waals surface area contributed by atoms with Crippen molar-refractivity contribution in [1.29, 1.82) is 0 Å². The van der Waals surface area contributed by atoms with E-state index in [1.54, 1.807) is 26.4 Å². The van der Waals surface area contributed by atoms with Crippen molar-refractivity contribution in [3.8, 4) is 22.8 Å². The summed E-state index contributed by atoms with van der Waals surface area (Å²) in [6, 6.07) is 8.97. The molecule has 0 saturated carbocycles. The number of carbonyl (C=O) groups is 1. The normalized spacial score (nSPS) is 10.6. The number of carbonyl (C=O) groups excluding carboxylic acids is 1. The molecule has 0 unspecified atom stereocenters. The van der Waals surface area contributed by atoms with Gasteiger partial charge in [0.1, 0.15) is 0 Å². The zero-order chi connectivity index (χ0) is 18.5. The van der Waals surface area contributed by atoms with Crippen LogP contribution in [0.25, 0.3) is 11.3 Å². The summed E-state index contributed by atoms with van der Waals surface area (Å²) >= 11 is 1.47. The smallest absolute Gasteiger partial charge is 0.293 e. The van der Waals surface area contributed by atoms with Gasteiger partial charge in [-0.3, -0.25) is 10.1 Å². The van der Waals surface area contributed by atoms with E-state index in [1.807, 2.05) is 18.2 Å². The van der Waals surface area contributed by atoms with Crippen molar-refractivity contribution in [3.63, 3.8) is 0 Å². The van der Waals surface area contributed by atoms with Crippen LogP contribution < -0.4 is 14.8 Å². The molecule has 1 N–H and O–H groups in total. The van der Waals surface area contributed by atoms with Crippen molar-refractivity contribution in [2.45, 2.75) is 19.8 Å². The van der Waals surface area contributed by atoms with E-state index < -0.39 is 0 Å². The van der Waals surface area contributed by atoms with Crippen LogP contribution in [0.5, 0.6) is 11.5 Å². The third-order valence-electron chi connectivity index (χ3n) is 3.80. The number of ether oxygens (including phenoxy) is 2. The number of thiazole rings is 1. The molecule has 6 nitrogen and oxygen atoms in total. The molecular formula is C19H20N2O4S. The van der Waals surface area contributed by atoms with Crippen molar-refractivity contribution in [1.82, 2.24) is 4.98 Å². The Kier molecular flexibility index (Phi) is 5.58. The maximum absolute atomic E-state index is 12.2. The van der Waals surface area contributed by atoms with E-state index in [4.69, 9.17) is 13.9 Å². The summed E-state index contributed by atoms with van der Waals surface area (Å²) in [5.41, 5.74) is 1.76. The summed E-state index contributed by atoms with van der Waals surface area (Å²) in [7, 11) is 3.20. The van der Waals surface area contributed by atoms with Gasteiger partial charge in [-0.1, -0.05) is 13.3 Å². The van der Waals surface area contributed by atoms with Crippen LogP contribution in [0.15, 0.2) is 41.0 Å². The molecule has 0 atom stereocenters. The number of nitrogens with one attached hydrogen (secondary N) is 1. The second-order valence-corrected chi connectivity index (χ2v) is 6.63. The van der Waals surface area contributed by atoms with E-state index in [0.717, 1.165) is 29.0 Å². The van der Waals surface area contributed by atoms with Crippen molar-refractivity contribution in [2.24, 2.45) is 0 Å². The molecular weight excluding hydrogens is 352 g/mol. The van der Waals surface area contributed by atoms with Crippen LogP contribution in [0.3, 0.4) is 0 Å². The van der Waals surface area contributed by atoms with Crippen LogP contribution in [0.2, 0.25) is 0 Å². The van der Waals surface area contributed by atoms with Gasteiger partial charge in [-0.05, 0) is 36.8 Å². The van der Waals surface area contributed by atoms with Gasteiger partial charge < -0.3 is 13.9 Å². The SMILES string of the molecule is CCCc1sc(NC(=O)c2ccco2)nc1-c1ccc(OC)c(OC)c1. The Morgan fingerprint density at radius 2 is 2.04 bits per heavy atom. The van der Waals surface area contributed by atoms with E-state index >= 15 is 0 Å². The first-order chi connectivity index (χ1) is 12.7. The van der Waals surface area contributed by atoms with Crippen LogP contribution in [0.4, 0.5) is 5.13 Å². The van der Waals surface area contributed by atoms with Gasteiger partial charge in [0.15, 0.2) is 22.4 Å². The molecule has 2 heterocycles. The number of aromatic nitrogens is 1. The van der Waals surface area contributed by atoms with Gasteiger partial charge in [0.25, 0.3) is 5.91 Å². The standard InChI is InChI=1S/C19H20N2O4S/c1-4-6-16-17(12-8-9-13(23-2)15(11-12)24-3)20-19(26-16)21-18(22)14-7-5-10-25-14/h5,7-11H,4,6H2,1-3H3,(H,20,21,22). The highest BCUT2D eigenvalue weighted by atomic mass is 32.1. The predicted molar refractivity (Wildman–Crippen MR) is 101 cm³/mol. The van der Waals surface area contributed by atoms with E-state index in [-0.39, 0.29) is 11.7 Å². The Labute approximate surface area is 155 Å². The Morgan fingerprint density at radius 1 is 1.23 bits per heavy atom. The minimum Gasteiger partial charge on any atom is -0.493 e. The number of hydrogen-bond acceptors (Lipinski definition) is 6. The molecule has 136 valence electrons. The first kappa shape index (κ1) is 18.0. The monoisotopic (exact) mass is 372 g/mol. The lowest BCUT2D eigenvalue weighted by molar-refractivity contribution is 0.0996. The van der Waals surface area contributed by atoms with Crippen LogP contribution in [-0.4, -0.2) is 25.1 Å². The van der Waals surface area contributed by atoms with Gasteiger partial charge in [0.2, 0.25) is 0 Å². The number of methoxy groups -OCH3 is 2. The fraction of sp³-hybridized carbons (Fsp3) is 0.263. The second-order valence-electron chi connectivity index (χ2n) is 5.54. The lowest BCUT2D eigenvalue weighted by atomic mass is 10.1. The summed E-state index contributed by atoms with van der Waals surface area (Å²) in [5, 5.41) is 3.34. The largest absolute Gasteiger partial charge is 0.493 e. The second kappa shape index (κ2) is 8.05. The summed E-state index contributed by atoms with van der Waals surface area (Å²) in [4.78, 5) is 17.9. The minimum absolute atomic E-state index is 0.255. The van der Waals surface area contributed by atoms with Crippen molar-refractivity contribution < 1.29 is 18.7 Å². The fourth-order valence-corrected chi connectivity index (χ4v) is 3.66. The number of anilines is 1. The Balaban J connectivity index is 1.93. The molecule has 0 saturated heterocycles. The quantitative estimate of drug-likeness (QED) is 0.655. The van der Waals surface area contributed by atoms with Gasteiger partial charge in [0, 0.05) is 10.4 Å². The first-order valence-electron chi connectivity index (χ1n) is 8.23. The predicted octanol–water partition coefficient (Wildman–Crippen LogP) is 4.63. The zero-order valence-corrected chi connectivity index (χ0v) is 15.7. The molecule has 0 spiro atoms. The van der Waals surface area contributed by atoms with Crippen LogP contribution >= 0.6 is 11.3 Å². The molecule has 26 heavy (non-hydrogen) atoms. The lowest BCUT2D eigenvalue weighted by Crippen LogP contribution is -2.10. The van der Waals surface area contributed by atoms with E-state index in [2.05, 4.69) is 17.2 Å². The molecule has 2 aromatic heterocycles. The molecule has 1 aromatic carbocycles. The van der Waals surface area contributed by atoms with E-state index in [9.17, 15) is 4.79 Å². The number of rotatable bonds is 7. The number of furan rings is 1. The number of amides is 1. The number of benzene rings is 1. The third-order valence-corrected chi connectivity index (χ3v) is 4.83. The summed E-state index contributed by atoms with van der Waals surface area (Å²) < 4.78 is 15.8. The molecule has 0 aliphatic heterocycles. The Morgan fingerprint density at radius 3 is 2.69 bits per heavy atom. The van der Waals surface area contributed by atoms with E-state index in [0.29, 0.717) is 16.6 Å². The van der Waals surface area contributed by atoms with Gasteiger partial charge in [-0.15, -0.1) is 11.3 Å². The maximum atomic E-state index is 12.2. The molecule has 0 aliphatic carbocycles. The molecule has 0 radical (unpaired) electrons. The maximum Gasteiger partial charge on any atom is 0.293 e. The minimum atomic E-state index is -0.314. The van der Waals surface area contributed by atoms with Crippen molar-refractivity contribution in [2.75, 3.05) is 19.5 Å². The van der Waals surface area contributed by atoms with Crippen LogP contribution in [0.1, 0.15) is 28.8 Å². The lowest BCUT2D eigenvalue weighted by Gasteiger charge is -2.09. The third kappa shape index (κ3) is 3.72. The molecule has 1 amide bonds. The highest BCUT2D eigenvalue weighted by Crippen LogP contribution is 2.37. The van der Waals surface area contributed by atoms with Gasteiger partial charge in [-0.25, -0.2) is 4.98 Å². The molecule has 3 aromatic rings. The Bertz CT molecular complexity index is 887. The highest BCUT2D eigenvalue weighted by Gasteiger charge is 2.17. The first-order valence-corrected chi connectivity index (χ1v) is 9.04. The average molecular weight is 372 g/mol. The number of hydrogen-bond donors (Lipinski definition) is 1. The fourth-order valence-electron chi connectivity index (χ4n) is 2.58. The summed E-state index contributed by atoms with van der Waals surface area (Å²) in [6.45, 7) is 2.11. The highest BCUT2D eigenvalue weighted by molar-refractivity contribution is 7.16. The van der Waals surface area contributed by atoms with Crippen molar-refractivity contribution in [3.05, 3.63) is 47.2 Å². The Hall–Kier alpha value is -2.80. The van der Waals surface area contributed by atoms with Crippen molar-refractivity contribution >= 4 is 22.4 Å². The summed E-state index contributed by atoms with van der Waals surface area (Å²) in [5.74, 6) is 1.24. The number of aryl methyl sites for hydroxylation is 1. The average Bonchev–Trinajstić information content (AvgIpc) is 3.31. The molecule has 0 fully saturated rings. The van der Waals surface area contributed by atoms with Gasteiger partial charge in [0.05, 0.1) is 26.2 Å². The molecule has 0 aliphatic rings. The molecule has 0 bridgehead atoms. The topological polar surface area (TPSA) is 73.6 Å². The summed E-state index contributed by atoms with van der Waals surface area (Å²) in [6.07, 6.45) is 3.32. The van der Waals surface area contributed by atoms with Crippen LogP contribution in [-0.2, 0) is 6.42 Å². The van der Waals surface area contributed by atoms with Gasteiger partial charge in [-0.2, -0.15) is 0 Å². The molecule has 7 heteroatoms. The van der Waals surface area contributed by atoms with Gasteiger partial charge >= 0.3 is 0 Å². The van der Waals surface area contributed by atoms with E-state index in [1.165, 1.54) is 17.6 Å². The molecule has 3 rings (SSSR count).